The van der Waals surface area contributed by atoms with E-state index in [-0.39, 0.29) is 5.91 Å². The van der Waals surface area contributed by atoms with Gasteiger partial charge in [0.2, 0.25) is 6.10 Å². The largest absolute Gasteiger partial charge is 0.482 e. The topological polar surface area (TPSA) is 47.6 Å². The van der Waals surface area contributed by atoms with Crippen molar-refractivity contribution in [2.24, 2.45) is 0 Å². The Kier molecular flexibility index (Phi) is 4.14. The molecule has 6 heteroatoms. The molecule has 1 heterocycles. The number of hydrogen-bond acceptors (Lipinski definition) is 3. The van der Waals surface area contributed by atoms with Crippen molar-refractivity contribution < 1.29 is 14.3 Å². The van der Waals surface area contributed by atoms with Crippen LogP contribution in [-0.2, 0) is 4.79 Å². The lowest BCUT2D eigenvalue weighted by atomic mass is 10.1. The van der Waals surface area contributed by atoms with Crippen LogP contribution in [0.1, 0.15) is 6.92 Å². The van der Waals surface area contributed by atoms with Crippen LogP contribution in [0.25, 0.3) is 0 Å². The summed E-state index contributed by atoms with van der Waals surface area (Å²) in [6.45, 7) is 1.78. The number of amides is 1. The predicted molar refractivity (Wildman–Crippen MR) is 86.0 cm³/mol. The van der Waals surface area contributed by atoms with E-state index in [9.17, 15) is 4.79 Å². The van der Waals surface area contributed by atoms with Crippen molar-refractivity contribution in [2.75, 3.05) is 5.32 Å². The quantitative estimate of drug-likeness (QED) is 0.894. The van der Waals surface area contributed by atoms with Gasteiger partial charge in [-0.25, -0.2) is 0 Å². The Balaban J connectivity index is 1.78. The molecule has 0 saturated heterocycles. The van der Waals surface area contributed by atoms with Crippen LogP contribution in [0.15, 0.2) is 42.5 Å². The molecule has 0 aromatic heterocycles. The van der Waals surface area contributed by atoms with Crippen molar-refractivity contribution in [1.29, 1.82) is 0 Å². The highest BCUT2D eigenvalue weighted by molar-refractivity contribution is 6.36. The second-order valence-electron chi connectivity index (χ2n) is 4.92. The minimum absolute atomic E-state index is 0.328. The second kappa shape index (κ2) is 6.07. The van der Waals surface area contributed by atoms with Crippen LogP contribution in [0.5, 0.6) is 11.5 Å². The summed E-state index contributed by atoms with van der Waals surface area (Å²) in [5.41, 5.74) is 0.478. The lowest BCUT2D eigenvalue weighted by Crippen LogP contribution is -2.46. The van der Waals surface area contributed by atoms with Gasteiger partial charge in [-0.3, -0.25) is 4.79 Å². The van der Waals surface area contributed by atoms with Crippen LogP contribution >= 0.6 is 23.2 Å². The van der Waals surface area contributed by atoms with E-state index >= 15 is 0 Å². The van der Waals surface area contributed by atoms with E-state index in [1.54, 1.807) is 37.3 Å². The number of ether oxygens (including phenoxy) is 2. The molecule has 1 N–H and O–H groups in total. The molecule has 0 radical (unpaired) electrons. The molecular weight excluding hydrogens is 325 g/mol. The highest BCUT2D eigenvalue weighted by Gasteiger charge is 2.34. The molecule has 22 heavy (non-hydrogen) atoms. The molecule has 4 nitrogen and oxygen atoms in total. The zero-order chi connectivity index (χ0) is 15.7. The average molecular weight is 338 g/mol. The van der Waals surface area contributed by atoms with E-state index in [4.69, 9.17) is 32.7 Å². The lowest BCUT2D eigenvalue weighted by Gasteiger charge is -2.31. The summed E-state index contributed by atoms with van der Waals surface area (Å²) in [6, 6.07) is 12.1. The molecule has 1 aliphatic rings. The molecule has 0 aliphatic carbocycles. The Morgan fingerprint density at radius 1 is 1.09 bits per heavy atom. The summed E-state index contributed by atoms with van der Waals surface area (Å²) in [6.07, 6.45) is -1.18. The Labute approximate surface area is 137 Å². The Bertz CT molecular complexity index is 720. The van der Waals surface area contributed by atoms with Crippen molar-refractivity contribution in [2.45, 2.75) is 19.1 Å². The molecule has 1 aliphatic heterocycles. The number of nitrogens with one attached hydrogen (secondary N) is 1. The molecule has 3 rings (SSSR count). The van der Waals surface area contributed by atoms with Crippen LogP contribution in [0, 0.1) is 0 Å². The third-order valence-corrected chi connectivity index (χ3v) is 3.84. The van der Waals surface area contributed by atoms with Gasteiger partial charge in [0, 0.05) is 5.02 Å². The number of benzene rings is 2. The standard InChI is InChI=1S/C16H13Cl2NO3/c1-9-15(22-14-5-3-2-4-13(14)21-9)16(20)19-12-7-6-10(17)8-11(12)18/h2-9,15H,1H3,(H,19,20)/t9-,15+/m1/s1. The van der Waals surface area contributed by atoms with Gasteiger partial charge in [0.1, 0.15) is 6.10 Å². The number of para-hydroxylation sites is 2. The average Bonchev–Trinajstić information content (AvgIpc) is 2.49. The molecule has 0 bridgehead atoms. The Morgan fingerprint density at radius 3 is 2.45 bits per heavy atom. The lowest BCUT2D eigenvalue weighted by molar-refractivity contribution is -0.128. The van der Waals surface area contributed by atoms with Crippen molar-refractivity contribution in [3.8, 4) is 11.5 Å². The van der Waals surface area contributed by atoms with Gasteiger partial charge in [-0.15, -0.1) is 0 Å². The summed E-state index contributed by atoms with van der Waals surface area (Å²) in [4.78, 5) is 12.4. The monoisotopic (exact) mass is 337 g/mol. The molecule has 114 valence electrons. The van der Waals surface area contributed by atoms with Crippen molar-refractivity contribution in [1.82, 2.24) is 0 Å². The van der Waals surface area contributed by atoms with Gasteiger partial charge in [-0.05, 0) is 37.3 Å². The van der Waals surface area contributed by atoms with Crippen LogP contribution in [0.4, 0.5) is 5.69 Å². The molecule has 2 atom stereocenters. The molecule has 2 aromatic rings. The first kappa shape index (κ1) is 15.0. The smallest absolute Gasteiger partial charge is 0.269 e. The number of anilines is 1. The van der Waals surface area contributed by atoms with E-state index in [2.05, 4.69) is 5.32 Å². The van der Waals surface area contributed by atoms with Crippen molar-refractivity contribution in [3.63, 3.8) is 0 Å². The van der Waals surface area contributed by atoms with E-state index in [1.165, 1.54) is 0 Å². The molecule has 0 saturated carbocycles. The molecule has 0 unspecified atom stereocenters. The Hall–Kier alpha value is -1.91. The van der Waals surface area contributed by atoms with Crippen molar-refractivity contribution >= 4 is 34.8 Å². The van der Waals surface area contributed by atoms with Gasteiger partial charge in [-0.1, -0.05) is 35.3 Å². The first-order valence-electron chi connectivity index (χ1n) is 6.73. The van der Waals surface area contributed by atoms with Gasteiger partial charge in [0.25, 0.3) is 5.91 Å². The number of hydrogen-bond donors (Lipinski definition) is 1. The van der Waals surface area contributed by atoms with Gasteiger partial charge in [-0.2, -0.15) is 0 Å². The fourth-order valence-corrected chi connectivity index (χ4v) is 2.66. The number of halogens is 2. The normalized spacial score (nSPS) is 19.6. The fourth-order valence-electron chi connectivity index (χ4n) is 2.20. The number of rotatable bonds is 2. The molecule has 0 fully saturated rings. The Morgan fingerprint density at radius 2 is 1.77 bits per heavy atom. The number of carbonyl (C=O) groups is 1. The fraction of sp³-hybridized carbons (Fsp3) is 0.188. The van der Waals surface area contributed by atoms with E-state index < -0.39 is 12.2 Å². The summed E-state index contributed by atoms with van der Waals surface area (Å²) < 4.78 is 11.4. The van der Waals surface area contributed by atoms with Crippen LogP contribution in [-0.4, -0.2) is 18.1 Å². The van der Waals surface area contributed by atoms with E-state index in [1.807, 2.05) is 12.1 Å². The highest BCUT2D eigenvalue weighted by Crippen LogP contribution is 2.34. The maximum absolute atomic E-state index is 12.4. The number of carbonyl (C=O) groups excluding carboxylic acids is 1. The summed E-state index contributed by atoms with van der Waals surface area (Å²) in [5.74, 6) is 0.845. The SMILES string of the molecule is C[C@H]1Oc2ccccc2O[C@@H]1C(=O)Nc1ccc(Cl)cc1Cl. The van der Waals surface area contributed by atoms with Gasteiger partial charge < -0.3 is 14.8 Å². The highest BCUT2D eigenvalue weighted by atomic mass is 35.5. The zero-order valence-corrected chi connectivity index (χ0v) is 13.2. The first-order chi connectivity index (χ1) is 10.5. The summed E-state index contributed by atoms with van der Waals surface area (Å²) in [5, 5.41) is 3.60. The maximum atomic E-state index is 12.4. The maximum Gasteiger partial charge on any atom is 0.269 e. The van der Waals surface area contributed by atoms with E-state index in [0.29, 0.717) is 27.2 Å². The molecule has 0 spiro atoms. The van der Waals surface area contributed by atoms with E-state index in [0.717, 1.165) is 0 Å². The third-order valence-electron chi connectivity index (χ3n) is 3.29. The van der Waals surface area contributed by atoms with Gasteiger partial charge in [0.05, 0.1) is 10.7 Å². The van der Waals surface area contributed by atoms with Crippen LogP contribution in [0.2, 0.25) is 10.0 Å². The summed E-state index contributed by atoms with van der Waals surface area (Å²) in [7, 11) is 0. The molecule has 2 aromatic carbocycles. The molecular formula is C16H13Cl2NO3. The molecule has 1 amide bonds. The summed E-state index contributed by atoms with van der Waals surface area (Å²) >= 11 is 11.9. The van der Waals surface area contributed by atoms with Gasteiger partial charge >= 0.3 is 0 Å². The second-order valence-corrected chi connectivity index (χ2v) is 5.77. The number of fused-ring (bicyclic) bond motifs is 1. The minimum atomic E-state index is -0.762. The minimum Gasteiger partial charge on any atom is -0.482 e. The van der Waals surface area contributed by atoms with Gasteiger partial charge in [0.15, 0.2) is 11.5 Å². The first-order valence-corrected chi connectivity index (χ1v) is 7.48. The third kappa shape index (κ3) is 2.98. The van der Waals surface area contributed by atoms with Crippen LogP contribution in [0.3, 0.4) is 0 Å². The van der Waals surface area contributed by atoms with Crippen molar-refractivity contribution in [3.05, 3.63) is 52.5 Å². The predicted octanol–water partition coefficient (Wildman–Crippen LogP) is 4.16. The zero-order valence-electron chi connectivity index (χ0n) is 11.7. The van der Waals surface area contributed by atoms with Crippen LogP contribution < -0.4 is 14.8 Å².